The normalized spacial score (nSPS) is 15.4. The molecular formula is C20H25N3O2S. The summed E-state index contributed by atoms with van der Waals surface area (Å²) in [6.45, 7) is 7.93. The van der Waals surface area contributed by atoms with Crippen molar-refractivity contribution >= 4 is 17.6 Å². The van der Waals surface area contributed by atoms with Gasteiger partial charge in [-0.3, -0.25) is 0 Å². The third-order valence-electron chi connectivity index (χ3n) is 4.39. The van der Waals surface area contributed by atoms with Gasteiger partial charge in [0, 0.05) is 30.3 Å². The SMILES string of the molecule is Cc1ccc(/C(=N/O)N2CCSCC2)c(Oc2cccc(C(C)C)c2)n1. The zero-order chi connectivity index (χ0) is 18.5. The van der Waals surface area contributed by atoms with E-state index in [1.54, 1.807) is 0 Å². The minimum atomic E-state index is 0.420. The lowest BCUT2D eigenvalue weighted by atomic mass is 10.0. The summed E-state index contributed by atoms with van der Waals surface area (Å²) in [5, 5.41) is 13.2. The number of benzene rings is 1. The number of nitrogens with zero attached hydrogens (tertiary/aromatic N) is 3. The Labute approximate surface area is 159 Å². The van der Waals surface area contributed by atoms with Crippen LogP contribution < -0.4 is 4.74 Å². The number of oxime groups is 1. The summed E-state index contributed by atoms with van der Waals surface area (Å²) < 4.78 is 6.12. The second-order valence-electron chi connectivity index (χ2n) is 6.66. The highest BCUT2D eigenvalue weighted by atomic mass is 32.2. The van der Waals surface area contributed by atoms with Gasteiger partial charge < -0.3 is 14.8 Å². The van der Waals surface area contributed by atoms with Crippen molar-refractivity contribution in [3.05, 3.63) is 53.2 Å². The van der Waals surface area contributed by atoms with Crippen LogP contribution in [0, 0.1) is 6.92 Å². The molecule has 0 bridgehead atoms. The van der Waals surface area contributed by atoms with Crippen LogP contribution in [0.15, 0.2) is 41.6 Å². The van der Waals surface area contributed by atoms with Crippen molar-refractivity contribution in [1.82, 2.24) is 9.88 Å². The molecule has 26 heavy (non-hydrogen) atoms. The third-order valence-corrected chi connectivity index (χ3v) is 5.33. The van der Waals surface area contributed by atoms with Crippen LogP contribution in [-0.4, -0.2) is 45.5 Å². The van der Waals surface area contributed by atoms with Crippen molar-refractivity contribution in [1.29, 1.82) is 0 Å². The summed E-state index contributed by atoms with van der Waals surface area (Å²) in [5.41, 5.74) is 2.77. The van der Waals surface area contributed by atoms with E-state index in [1.807, 2.05) is 49.0 Å². The highest BCUT2D eigenvalue weighted by Gasteiger charge is 2.22. The molecule has 6 heteroatoms. The van der Waals surface area contributed by atoms with Crippen molar-refractivity contribution in [2.75, 3.05) is 24.6 Å². The number of ether oxygens (including phenoxy) is 1. The van der Waals surface area contributed by atoms with Gasteiger partial charge in [-0.15, -0.1) is 0 Å². The van der Waals surface area contributed by atoms with E-state index in [0.29, 0.717) is 23.2 Å². The van der Waals surface area contributed by atoms with Crippen LogP contribution in [-0.2, 0) is 0 Å². The summed E-state index contributed by atoms with van der Waals surface area (Å²) >= 11 is 1.91. The van der Waals surface area contributed by atoms with Crippen molar-refractivity contribution in [3.63, 3.8) is 0 Å². The molecule has 2 heterocycles. The Morgan fingerprint density at radius 1 is 1.23 bits per heavy atom. The maximum Gasteiger partial charge on any atom is 0.230 e. The van der Waals surface area contributed by atoms with Crippen molar-refractivity contribution in [2.45, 2.75) is 26.7 Å². The van der Waals surface area contributed by atoms with Gasteiger partial charge in [-0.25, -0.2) is 4.98 Å². The minimum absolute atomic E-state index is 0.420. The fourth-order valence-corrected chi connectivity index (χ4v) is 3.80. The molecule has 1 fully saturated rings. The Morgan fingerprint density at radius 3 is 2.69 bits per heavy atom. The molecular weight excluding hydrogens is 346 g/mol. The first-order valence-corrected chi connectivity index (χ1v) is 10.0. The number of thioether (sulfide) groups is 1. The Bertz CT molecular complexity index is 786. The Kier molecular flexibility index (Phi) is 6.04. The highest BCUT2D eigenvalue weighted by molar-refractivity contribution is 7.99. The van der Waals surface area contributed by atoms with Crippen LogP contribution in [0.2, 0.25) is 0 Å². The van der Waals surface area contributed by atoms with E-state index in [-0.39, 0.29) is 0 Å². The molecule has 1 aliphatic rings. The number of amidine groups is 1. The third kappa shape index (κ3) is 4.30. The average molecular weight is 372 g/mol. The van der Waals surface area contributed by atoms with Gasteiger partial charge >= 0.3 is 0 Å². The molecule has 1 saturated heterocycles. The zero-order valence-corrected chi connectivity index (χ0v) is 16.3. The molecule has 0 spiro atoms. The van der Waals surface area contributed by atoms with Crippen molar-refractivity contribution in [3.8, 4) is 11.6 Å². The largest absolute Gasteiger partial charge is 0.438 e. The van der Waals surface area contributed by atoms with Gasteiger partial charge in [0.1, 0.15) is 5.75 Å². The van der Waals surface area contributed by atoms with E-state index in [9.17, 15) is 5.21 Å². The molecule has 0 unspecified atom stereocenters. The lowest BCUT2D eigenvalue weighted by Gasteiger charge is -2.29. The van der Waals surface area contributed by atoms with Gasteiger partial charge in [0.15, 0.2) is 5.84 Å². The predicted octanol–water partition coefficient (Wildman–Crippen LogP) is 4.49. The molecule has 0 amide bonds. The van der Waals surface area contributed by atoms with Crippen molar-refractivity contribution in [2.24, 2.45) is 5.16 Å². The first-order valence-electron chi connectivity index (χ1n) is 8.89. The van der Waals surface area contributed by atoms with E-state index >= 15 is 0 Å². The molecule has 0 aliphatic carbocycles. The number of hydrogen-bond acceptors (Lipinski definition) is 5. The monoisotopic (exact) mass is 371 g/mol. The standard InChI is InChI=1S/C20H25N3O2S/c1-14(2)16-5-4-6-17(13-16)25-20-18(8-7-15(3)21-20)19(22-24)23-9-11-26-12-10-23/h4-8,13-14,24H,9-12H2,1-3H3/b22-19-. The quantitative estimate of drug-likeness (QED) is 0.371. The predicted molar refractivity (Wildman–Crippen MR) is 107 cm³/mol. The van der Waals surface area contributed by atoms with Gasteiger partial charge in [-0.2, -0.15) is 11.8 Å². The summed E-state index contributed by atoms with van der Waals surface area (Å²) in [4.78, 5) is 6.64. The molecule has 0 saturated carbocycles. The maximum atomic E-state index is 9.66. The van der Waals surface area contributed by atoms with Crippen LogP contribution in [0.25, 0.3) is 0 Å². The topological polar surface area (TPSA) is 58.0 Å². The number of aromatic nitrogens is 1. The van der Waals surface area contributed by atoms with Gasteiger partial charge in [0.25, 0.3) is 0 Å². The van der Waals surface area contributed by atoms with E-state index in [0.717, 1.165) is 36.0 Å². The fraction of sp³-hybridized carbons (Fsp3) is 0.400. The lowest BCUT2D eigenvalue weighted by molar-refractivity contribution is 0.303. The Morgan fingerprint density at radius 2 is 2.00 bits per heavy atom. The molecule has 1 aliphatic heterocycles. The highest BCUT2D eigenvalue weighted by Crippen LogP contribution is 2.28. The van der Waals surface area contributed by atoms with Crippen LogP contribution in [0.1, 0.15) is 36.6 Å². The molecule has 1 aromatic heterocycles. The van der Waals surface area contributed by atoms with E-state index < -0.39 is 0 Å². The molecule has 3 rings (SSSR count). The van der Waals surface area contributed by atoms with Crippen LogP contribution in [0.3, 0.4) is 0 Å². The van der Waals surface area contributed by atoms with E-state index in [2.05, 4.69) is 35.0 Å². The number of hydrogen-bond donors (Lipinski definition) is 1. The second kappa shape index (κ2) is 8.45. The van der Waals surface area contributed by atoms with Gasteiger partial charge in [-0.05, 0) is 42.7 Å². The second-order valence-corrected chi connectivity index (χ2v) is 7.88. The van der Waals surface area contributed by atoms with Crippen LogP contribution in [0.4, 0.5) is 0 Å². The molecule has 1 aromatic carbocycles. The molecule has 138 valence electrons. The average Bonchev–Trinajstić information content (AvgIpc) is 2.65. The van der Waals surface area contributed by atoms with Crippen molar-refractivity contribution < 1.29 is 9.94 Å². The molecule has 5 nitrogen and oxygen atoms in total. The van der Waals surface area contributed by atoms with Crippen LogP contribution >= 0.6 is 11.8 Å². The summed E-state index contributed by atoms with van der Waals surface area (Å²) in [6.07, 6.45) is 0. The maximum absolute atomic E-state index is 9.66. The molecule has 0 radical (unpaired) electrons. The smallest absolute Gasteiger partial charge is 0.230 e. The van der Waals surface area contributed by atoms with Gasteiger partial charge in [-0.1, -0.05) is 31.1 Å². The lowest BCUT2D eigenvalue weighted by Crippen LogP contribution is -2.38. The van der Waals surface area contributed by atoms with E-state index in [1.165, 1.54) is 5.56 Å². The molecule has 1 N–H and O–H groups in total. The van der Waals surface area contributed by atoms with E-state index in [4.69, 9.17) is 4.74 Å². The van der Waals surface area contributed by atoms with Crippen LogP contribution in [0.5, 0.6) is 11.6 Å². The summed E-state index contributed by atoms with van der Waals surface area (Å²) in [6, 6.07) is 11.9. The number of rotatable bonds is 4. The fourth-order valence-electron chi connectivity index (χ4n) is 2.89. The summed E-state index contributed by atoms with van der Waals surface area (Å²) in [7, 11) is 0. The number of pyridine rings is 1. The summed E-state index contributed by atoms with van der Waals surface area (Å²) in [5.74, 6) is 4.19. The first-order chi connectivity index (χ1) is 12.6. The number of aryl methyl sites for hydroxylation is 1. The van der Waals surface area contributed by atoms with Gasteiger partial charge in [0.2, 0.25) is 5.88 Å². The molecule has 2 aromatic rings. The Hall–Kier alpha value is -2.21. The molecule has 0 atom stereocenters. The first kappa shape index (κ1) is 18.6. The Balaban J connectivity index is 1.94. The minimum Gasteiger partial charge on any atom is -0.438 e. The zero-order valence-electron chi connectivity index (χ0n) is 15.5. The van der Waals surface area contributed by atoms with Gasteiger partial charge in [0.05, 0.1) is 5.56 Å².